The van der Waals surface area contributed by atoms with Crippen molar-refractivity contribution >= 4 is 5.78 Å². The van der Waals surface area contributed by atoms with Gasteiger partial charge in [0.25, 0.3) is 0 Å². The highest BCUT2D eigenvalue weighted by Gasteiger charge is 2.33. The van der Waals surface area contributed by atoms with E-state index in [1.54, 1.807) is 0 Å². The molecule has 2 atom stereocenters. The van der Waals surface area contributed by atoms with Gasteiger partial charge in [-0.25, -0.2) is 0 Å². The van der Waals surface area contributed by atoms with E-state index < -0.39 is 0 Å². The van der Waals surface area contributed by atoms with E-state index in [0.29, 0.717) is 11.7 Å². The Balaban J connectivity index is 2.25. The highest BCUT2D eigenvalue weighted by atomic mass is 16.1. The second-order valence-corrected chi connectivity index (χ2v) is 3.76. The lowest BCUT2D eigenvalue weighted by Gasteiger charge is -2.32. The van der Waals surface area contributed by atoms with Crippen LogP contribution in [0.2, 0.25) is 0 Å². The Morgan fingerprint density at radius 1 is 1.42 bits per heavy atom. The van der Waals surface area contributed by atoms with Gasteiger partial charge in [0.15, 0.2) is 0 Å². The molecule has 1 fully saturated rings. The molecule has 0 aromatic heterocycles. The molecule has 64 valence electrons. The molecule has 0 saturated heterocycles. The number of carbonyl (C=O) groups excluding carboxylic acids is 1. The lowest BCUT2D eigenvalue weighted by molar-refractivity contribution is -0.125. The van der Waals surface area contributed by atoms with Gasteiger partial charge in [-0.1, -0.05) is 24.3 Å². The normalized spacial score (nSPS) is 35.0. The largest absolute Gasteiger partial charge is 0.299 e. The summed E-state index contributed by atoms with van der Waals surface area (Å²) in [5.74, 6) is 1.10. The summed E-state index contributed by atoms with van der Waals surface area (Å²) in [6, 6.07) is 0. The zero-order valence-electron chi connectivity index (χ0n) is 7.25. The first-order valence-corrected chi connectivity index (χ1v) is 4.66. The maximum Gasteiger partial charge on any atom is 0.137 e. The van der Waals surface area contributed by atoms with E-state index in [2.05, 4.69) is 18.7 Å². The van der Waals surface area contributed by atoms with Gasteiger partial charge in [-0.3, -0.25) is 4.79 Å². The fourth-order valence-corrected chi connectivity index (χ4v) is 2.25. The van der Waals surface area contributed by atoms with Crippen LogP contribution in [0.25, 0.3) is 0 Å². The predicted molar refractivity (Wildman–Crippen MR) is 48.7 cm³/mol. The van der Waals surface area contributed by atoms with Gasteiger partial charge in [-0.15, -0.1) is 0 Å². The Kier molecular flexibility index (Phi) is 1.87. The molecule has 1 saturated carbocycles. The van der Waals surface area contributed by atoms with E-state index in [0.717, 1.165) is 25.7 Å². The topological polar surface area (TPSA) is 17.1 Å². The van der Waals surface area contributed by atoms with Crippen LogP contribution in [0.3, 0.4) is 0 Å². The minimum absolute atomic E-state index is 0.274. The van der Waals surface area contributed by atoms with Crippen LogP contribution < -0.4 is 0 Å². The third kappa shape index (κ3) is 1.13. The quantitative estimate of drug-likeness (QED) is 0.500. The maximum absolute atomic E-state index is 11.5. The first kappa shape index (κ1) is 7.78. The Labute approximate surface area is 73.2 Å². The summed E-state index contributed by atoms with van der Waals surface area (Å²) in [6.07, 6.45) is 8.11. The van der Waals surface area contributed by atoms with Crippen LogP contribution >= 0.6 is 0 Å². The van der Waals surface area contributed by atoms with Gasteiger partial charge in [0.1, 0.15) is 5.78 Å². The predicted octanol–water partition coefficient (Wildman–Crippen LogP) is 2.49. The number of hydrogen-bond donors (Lipinski definition) is 0. The second kappa shape index (κ2) is 2.89. The van der Waals surface area contributed by atoms with E-state index in [9.17, 15) is 4.79 Å². The Bertz CT molecular complexity index is 250. The van der Waals surface area contributed by atoms with Gasteiger partial charge in [0.05, 0.1) is 0 Å². The van der Waals surface area contributed by atoms with Crippen LogP contribution in [-0.2, 0) is 4.79 Å². The fraction of sp³-hybridized carbons (Fsp3) is 0.545. The number of carbonyl (C=O) groups is 1. The first-order valence-electron chi connectivity index (χ1n) is 4.66. The van der Waals surface area contributed by atoms with Crippen molar-refractivity contribution in [2.45, 2.75) is 25.7 Å². The summed E-state index contributed by atoms with van der Waals surface area (Å²) in [5, 5.41) is 0. The molecule has 0 amide bonds. The summed E-state index contributed by atoms with van der Waals surface area (Å²) < 4.78 is 0. The van der Waals surface area contributed by atoms with Crippen molar-refractivity contribution in [2.24, 2.45) is 11.8 Å². The van der Waals surface area contributed by atoms with E-state index in [1.165, 1.54) is 5.57 Å². The maximum atomic E-state index is 11.5. The standard InChI is InChI=1S/C11H14O/c1-8-6-7-11(12)10-5-3-2-4-9(8)10/h2,4,9-10H,1,3,5-7H2. The number of ketones is 1. The SMILES string of the molecule is C=C1CCC(=O)C2CCC=CC12. The van der Waals surface area contributed by atoms with Gasteiger partial charge < -0.3 is 0 Å². The zero-order chi connectivity index (χ0) is 8.55. The van der Waals surface area contributed by atoms with E-state index in [-0.39, 0.29) is 5.92 Å². The van der Waals surface area contributed by atoms with Crippen molar-refractivity contribution in [1.82, 2.24) is 0 Å². The molecule has 0 aromatic rings. The first-order chi connectivity index (χ1) is 5.79. The molecule has 1 heteroatoms. The third-order valence-electron chi connectivity index (χ3n) is 3.00. The molecule has 0 radical (unpaired) electrons. The van der Waals surface area contributed by atoms with Crippen molar-refractivity contribution in [3.05, 3.63) is 24.3 Å². The number of Topliss-reactive ketones (excluding diaryl/α,β-unsaturated/α-hetero) is 1. The molecule has 0 bridgehead atoms. The van der Waals surface area contributed by atoms with Crippen LogP contribution in [0.15, 0.2) is 24.3 Å². The molecule has 2 unspecified atom stereocenters. The third-order valence-corrected chi connectivity index (χ3v) is 3.00. The van der Waals surface area contributed by atoms with Crippen LogP contribution in [0, 0.1) is 11.8 Å². The van der Waals surface area contributed by atoms with E-state index in [1.807, 2.05) is 0 Å². The lowest BCUT2D eigenvalue weighted by Crippen LogP contribution is -2.30. The van der Waals surface area contributed by atoms with Crippen molar-refractivity contribution in [1.29, 1.82) is 0 Å². The summed E-state index contributed by atoms with van der Waals surface area (Å²) in [5.41, 5.74) is 1.26. The molecular formula is C11H14O. The number of fused-ring (bicyclic) bond motifs is 1. The van der Waals surface area contributed by atoms with E-state index in [4.69, 9.17) is 0 Å². The zero-order valence-corrected chi connectivity index (χ0v) is 7.25. The summed E-state index contributed by atoms with van der Waals surface area (Å²) in [6.45, 7) is 4.03. The average molecular weight is 162 g/mol. The number of rotatable bonds is 0. The van der Waals surface area contributed by atoms with Gasteiger partial charge in [-0.2, -0.15) is 0 Å². The molecule has 0 N–H and O–H groups in total. The summed E-state index contributed by atoms with van der Waals surface area (Å²) >= 11 is 0. The van der Waals surface area contributed by atoms with Crippen LogP contribution in [0.4, 0.5) is 0 Å². The van der Waals surface area contributed by atoms with Crippen molar-refractivity contribution in [3.8, 4) is 0 Å². The van der Waals surface area contributed by atoms with Gasteiger partial charge >= 0.3 is 0 Å². The van der Waals surface area contributed by atoms with E-state index >= 15 is 0 Å². The fourth-order valence-electron chi connectivity index (χ4n) is 2.25. The minimum Gasteiger partial charge on any atom is -0.299 e. The molecule has 0 aliphatic heterocycles. The Morgan fingerprint density at radius 2 is 2.25 bits per heavy atom. The van der Waals surface area contributed by atoms with Crippen LogP contribution in [0.1, 0.15) is 25.7 Å². The molecule has 2 aliphatic rings. The summed E-state index contributed by atoms with van der Waals surface area (Å²) in [7, 11) is 0. The van der Waals surface area contributed by atoms with Crippen molar-refractivity contribution in [3.63, 3.8) is 0 Å². The van der Waals surface area contributed by atoms with Gasteiger partial charge in [0, 0.05) is 18.3 Å². The molecule has 1 nitrogen and oxygen atoms in total. The molecule has 12 heavy (non-hydrogen) atoms. The molecular weight excluding hydrogens is 148 g/mol. The van der Waals surface area contributed by atoms with Crippen molar-refractivity contribution < 1.29 is 4.79 Å². The molecule has 2 aliphatic carbocycles. The molecule has 0 spiro atoms. The minimum atomic E-state index is 0.274. The van der Waals surface area contributed by atoms with Gasteiger partial charge in [0.2, 0.25) is 0 Å². The highest BCUT2D eigenvalue weighted by Crippen LogP contribution is 2.37. The lowest BCUT2D eigenvalue weighted by atomic mass is 9.71. The number of allylic oxidation sites excluding steroid dienone is 3. The molecule has 2 rings (SSSR count). The average Bonchev–Trinajstić information content (AvgIpc) is 2.12. The van der Waals surface area contributed by atoms with Crippen molar-refractivity contribution in [2.75, 3.05) is 0 Å². The van der Waals surface area contributed by atoms with Gasteiger partial charge in [-0.05, 0) is 19.3 Å². The monoisotopic (exact) mass is 162 g/mol. The summed E-state index contributed by atoms with van der Waals surface area (Å²) in [4.78, 5) is 11.5. The van der Waals surface area contributed by atoms with Crippen LogP contribution in [-0.4, -0.2) is 5.78 Å². The Morgan fingerprint density at radius 3 is 3.00 bits per heavy atom. The highest BCUT2D eigenvalue weighted by molar-refractivity contribution is 5.83. The van der Waals surface area contributed by atoms with Crippen LogP contribution in [0.5, 0.6) is 0 Å². The molecule has 0 heterocycles. The Hall–Kier alpha value is -0.850. The second-order valence-electron chi connectivity index (χ2n) is 3.76. The molecule has 0 aromatic carbocycles. The smallest absolute Gasteiger partial charge is 0.137 e. The number of hydrogen-bond acceptors (Lipinski definition) is 1.